The van der Waals surface area contributed by atoms with E-state index in [1.165, 1.54) is 0 Å². The average molecular weight is 199 g/mol. The standard InChI is InChI=1S/C9H13NO4/c1-5-7(10-14-8(5)13)9(2,3)4-6(11)12/h5H,4H2,1-3H3,(H,11,12). The summed E-state index contributed by atoms with van der Waals surface area (Å²) in [6.45, 7) is 5.13. The van der Waals surface area contributed by atoms with Gasteiger partial charge in [0.15, 0.2) is 0 Å². The van der Waals surface area contributed by atoms with Gasteiger partial charge in [0, 0.05) is 5.41 Å². The third-order valence-corrected chi connectivity index (χ3v) is 2.28. The van der Waals surface area contributed by atoms with Crippen LogP contribution in [-0.4, -0.2) is 22.8 Å². The van der Waals surface area contributed by atoms with Gasteiger partial charge in [-0.3, -0.25) is 4.79 Å². The normalized spacial score (nSPS) is 21.8. The van der Waals surface area contributed by atoms with E-state index in [9.17, 15) is 9.59 Å². The molecule has 0 fully saturated rings. The Labute approximate surface area is 81.7 Å². The van der Waals surface area contributed by atoms with E-state index in [0.29, 0.717) is 5.71 Å². The van der Waals surface area contributed by atoms with E-state index in [-0.39, 0.29) is 6.42 Å². The van der Waals surface area contributed by atoms with E-state index in [2.05, 4.69) is 9.99 Å². The summed E-state index contributed by atoms with van der Waals surface area (Å²) >= 11 is 0. The van der Waals surface area contributed by atoms with Crippen molar-refractivity contribution < 1.29 is 19.5 Å². The van der Waals surface area contributed by atoms with Gasteiger partial charge >= 0.3 is 11.9 Å². The largest absolute Gasteiger partial charge is 0.481 e. The number of rotatable bonds is 3. The molecule has 1 aliphatic rings. The molecular weight excluding hydrogens is 186 g/mol. The van der Waals surface area contributed by atoms with Crippen molar-refractivity contribution in [3.63, 3.8) is 0 Å². The van der Waals surface area contributed by atoms with E-state index in [0.717, 1.165) is 0 Å². The Balaban J connectivity index is 2.83. The summed E-state index contributed by atoms with van der Waals surface area (Å²) in [5.74, 6) is -1.77. The van der Waals surface area contributed by atoms with Crippen LogP contribution in [0.4, 0.5) is 0 Å². The Bertz CT molecular complexity index is 306. The molecular formula is C9H13NO4. The number of carbonyl (C=O) groups excluding carboxylic acids is 1. The lowest BCUT2D eigenvalue weighted by Crippen LogP contribution is -2.32. The van der Waals surface area contributed by atoms with Gasteiger partial charge in [0.2, 0.25) is 0 Å². The fourth-order valence-electron chi connectivity index (χ4n) is 1.54. The van der Waals surface area contributed by atoms with Crippen molar-refractivity contribution in [2.45, 2.75) is 27.2 Å². The summed E-state index contributed by atoms with van der Waals surface area (Å²) in [7, 11) is 0. The second-order valence-corrected chi connectivity index (χ2v) is 4.06. The van der Waals surface area contributed by atoms with E-state index in [1.807, 2.05) is 0 Å². The maximum Gasteiger partial charge on any atom is 0.343 e. The van der Waals surface area contributed by atoms with E-state index >= 15 is 0 Å². The summed E-state index contributed by atoms with van der Waals surface area (Å²) in [5.41, 5.74) is -0.137. The highest BCUT2D eigenvalue weighted by Gasteiger charge is 2.39. The van der Waals surface area contributed by atoms with Crippen LogP contribution in [0, 0.1) is 11.3 Å². The van der Waals surface area contributed by atoms with E-state index in [4.69, 9.17) is 5.11 Å². The Morgan fingerprint density at radius 3 is 2.57 bits per heavy atom. The number of nitrogens with zero attached hydrogens (tertiary/aromatic N) is 1. The number of carboxylic acid groups (broad SMARTS) is 1. The molecule has 0 aromatic heterocycles. The van der Waals surface area contributed by atoms with E-state index < -0.39 is 23.3 Å². The molecule has 5 heteroatoms. The van der Waals surface area contributed by atoms with Gasteiger partial charge in [0.05, 0.1) is 18.1 Å². The van der Waals surface area contributed by atoms with Crippen molar-refractivity contribution in [3.05, 3.63) is 0 Å². The minimum Gasteiger partial charge on any atom is -0.481 e. The molecule has 1 aliphatic heterocycles. The van der Waals surface area contributed by atoms with Gasteiger partial charge in [-0.25, -0.2) is 4.79 Å². The first kappa shape index (κ1) is 10.7. The molecule has 1 rings (SSSR count). The second kappa shape index (κ2) is 3.40. The lowest BCUT2D eigenvalue weighted by atomic mass is 9.79. The highest BCUT2D eigenvalue weighted by molar-refractivity contribution is 6.08. The zero-order valence-corrected chi connectivity index (χ0v) is 8.40. The first-order valence-corrected chi connectivity index (χ1v) is 4.35. The highest BCUT2D eigenvalue weighted by atomic mass is 16.7. The molecule has 0 saturated heterocycles. The lowest BCUT2D eigenvalue weighted by Gasteiger charge is -2.22. The molecule has 1 N–H and O–H groups in total. The smallest absolute Gasteiger partial charge is 0.343 e. The lowest BCUT2D eigenvalue weighted by molar-refractivity contribution is -0.143. The van der Waals surface area contributed by atoms with Crippen molar-refractivity contribution in [3.8, 4) is 0 Å². The minimum atomic E-state index is -0.913. The van der Waals surface area contributed by atoms with Gasteiger partial charge in [0.1, 0.15) is 0 Å². The van der Waals surface area contributed by atoms with Gasteiger partial charge in [-0.2, -0.15) is 0 Å². The number of aliphatic carboxylic acids is 1. The van der Waals surface area contributed by atoms with Crippen molar-refractivity contribution in [1.29, 1.82) is 0 Å². The number of carboxylic acids is 1. The molecule has 5 nitrogen and oxygen atoms in total. The maximum atomic E-state index is 11.0. The fraction of sp³-hybridized carbons (Fsp3) is 0.667. The first-order chi connectivity index (χ1) is 6.34. The van der Waals surface area contributed by atoms with Crippen molar-refractivity contribution in [2.24, 2.45) is 16.5 Å². The highest BCUT2D eigenvalue weighted by Crippen LogP contribution is 2.30. The van der Waals surface area contributed by atoms with Crippen LogP contribution in [0.1, 0.15) is 27.2 Å². The van der Waals surface area contributed by atoms with Crippen LogP contribution in [0.3, 0.4) is 0 Å². The number of oxime groups is 1. The summed E-state index contributed by atoms with van der Waals surface area (Å²) in [6, 6.07) is 0. The number of carbonyl (C=O) groups is 2. The van der Waals surface area contributed by atoms with Crippen LogP contribution in [0.5, 0.6) is 0 Å². The third-order valence-electron chi connectivity index (χ3n) is 2.28. The number of hydrogen-bond acceptors (Lipinski definition) is 4. The second-order valence-electron chi connectivity index (χ2n) is 4.06. The zero-order chi connectivity index (χ0) is 10.9. The molecule has 14 heavy (non-hydrogen) atoms. The average Bonchev–Trinajstić information content (AvgIpc) is 2.30. The Morgan fingerprint density at radius 1 is 1.64 bits per heavy atom. The molecule has 0 aliphatic carbocycles. The van der Waals surface area contributed by atoms with Crippen molar-refractivity contribution in [2.75, 3.05) is 0 Å². The van der Waals surface area contributed by atoms with Crippen molar-refractivity contribution in [1.82, 2.24) is 0 Å². The third kappa shape index (κ3) is 1.92. The van der Waals surface area contributed by atoms with Crippen LogP contribution in [0.2, 0.25) is 0 Å². The molecule has 78 valence electrons. The molecule has 0 aromatic rings. The molecule has 0 bridgehead atoms. The van der Waals surface area contributed by atoms with Gasteiger partial charge in [0.25, 0.3) is 0 Å². The topological polar surface area (TPSA) is 76.0 Å². The van der Waals surface area contributed by atoms with Gasteiger partial charge in [-0.05, 0) is 6.92 Å². The Morgan fingerprint density at radius 2 is 2.21 bits per heavy atom. The molecule has 0 radical (unpaired) electrons. The van der Waals surface area contributed by atoms with Crippen LogP contribution >= 0.6 is 0 Å². The van der Waals surface area contributed by atoms with Crippen LogP contribution in [0.15, 0.2) is 5.16 Å². The minimum absolute atomic E-state index is 0.0627. The predicted molar refractivity (Wildman–Crippen MR) is 48.7 cm³/mol. The molecule has 0 aromatic carbocycles. The predicted octanol–water partition coefficient (Wildman–Crippen LogP) is 1.04. The summed E-state index contributed by atoms with van der Waals surface area (Å²) < 4.78 is 0. The molecule has 0 amide bonds. The van der Waals surface area contributed by atoms with Gasteiger partial charge in [-0.15, -0.1) is 0 Å². The van der Waals surface area contributed by atoms with Crippen molar-refractivity contribution >= 4 is 17.7 Å². The monoisotopic (exact) mass is 199 g/mol. The molecule has 1 unspecified atom stereocenters. The van der Waals surface area contributed by atoms with Gasteiger partial charge in [-0.1, -0.05) is 19.0 Å². The molecule has 1 atom stereocenters. The molecule has 0 spiro atoms. The first-order valence-electron chi connectivity index (χ1n) is 4.35. The molecule has 0 saturated carbocycles. The fourth-order valence-corrected chi connectivity index (χ4v) is 1.54. The summed E-state index contributed by atoms with van der Waals surface area (Å²) in [6.07, 6.45) is -0.0627. The molecule has 1 heterocycles. The SMILES string of the molecule is CC1C(=O)ON=C1C(C)(C)CC(=O)O. The number of hydrogen-bond donors (Lipinski definition) is 1. The van der Waals surface area contributed by atoms with Crippen LogP contribution in [-0.2, 0) is 14.4 Å². The van der Waals surface area contributed by atoms with Gasteiger partial charge < -0.3 is 9.94 Å². The Kier molecular flexibility index (Phi) is 2.59. The summed E-state index contributed by atoms with van der Waals surface area (Å²) in [5, 5.41) is 12.3. The van der Waals surface area contributed by atoms with Crippen LogP contribution < -0.4 is 0 Å². The Hall–Kier alpha value is -1.39. The maximum absolute atomic E-state index is 11.0. The quantitative estimate of drug-likeness (QED) is 0.689. The zero-order valence-electron chi connectivity index (χ0n) is 8.40. The summed E-state index contributed by atoms with van der Waals surface area (Å²) in [4.78, 5) is 26.1. The van der Waals surface area contributed by atoms with Crippen LogP contribution in [0.25, 0.3) is 0 Å². The van der Waals surface area contributed by atoms with E-state index in [1.54, 1.807) is 20.8 Å².